The second kappa shape index (κ2) is 9.39. The summed E-state index contributed by atoms with van der Waals surface area (Å²) in [6, 6.07) is 20.5. The van der Waals surface area contributed by atoms with Crippen LogP contribution >= 0.6 is 0 Å². The SMILES string of the molecule is O=C(NCc1cnn(-c2ccccc2)c1)N1CCN(CCc2ccccc2)CC1. The van der Waals surface area contributed by atoms with Gasteiger partial charge in [-0.05, 0) is 24.1 Å². The van der Waals surface area contributed by atoms with Crippen LogP contribution in [0.4, 0.5) is 4.79 Å². The Labute approximate surface area is 171 Å². The highest BCUT2D eigenvalue weighted by molar-refractivity contribution is 5.74. The molecule has 0 atom stereocenters. The summed E-state index contributed by atoms with van der Waals surface area (Å²) in [5.74, 6) is 0. The van der Waals surface area contributed by atoms with Gasteiger partial charge in [0.25, 0.3) is 0 Å². The van der Waals surface area contributed by atoms with Gasteiger partial charge in [0.2, 0.25) is 0 Å². The van der Waals surface area contributed by atoms with Gasteiger partial charge >= 0.3 is 6.03 Å². The van der Waals surface area contributed by atoms with Gasteiger partial charge in [-0.15, -0.1) is 0 Å². The number of urea groups is 1. The van der Waals surface area contributed by atoms with Crippen LogP contribution in [0.5, 0.6) is 0 Å². The van der Waals surface area contributed by atoms with E-state index in [0.717, 1.165) is 50.4 Å². The van der Waals surface area contributed by atoms with E-state index in [0.29, 0.717) is 6.54 Å². The monoisotopic (exact) mass is 389 g/mol. The van der Waals surface area contributed by atoms with Gasteiger partial charge in [0.05, 0.1) is 11.9 Å². The maximum Gasteiger partial charge on any atom is 0.317 e. The lowest BCUT2D eigenvalue weighted by molar-refractivity contribution is 0.140. The summed E-state index contributed by atoms with van der Waals surface area (Å²) in [4.78, 5) is 16.8. The van der Waals surface area contributed by atoms with Crippen molar-refractivity contribution < 1.29 is 4.79 Å². The number of carbonyl (C=O) groups is 1. The topological polar surface area (TPSA) is 53.4 Å². The van der Waals surface area contributed by atoms with E-state index in [9.17, 15) is 4.79 Å². The first kappa shape index (κ1) is 19.2. The molecule has 2 heterocycles. The van der Waals surface area contributed by atoms with Gasteiger partial charge in [-0.1, -0.05) is 48.5 Å². The third-order valence-corrected chi connectivity index (χ3v) is 5.32. The number of benzene rings is 2. The molecule has 2 amide bonds. The second-order valence-electron chi connectivity index (χ2n) is 7.35. The van der Waals surface area contributed by atoms with Crippen LogP contribution in [0.15, 0.2) is 73.1 Å². The molecule has 29 heavy (non-hydrogen) atoms. The molecule has 0 radical (unpaired) electrons. The summed E-state index contributed by atoms with van der Waals surface area (Å²) in [6.07, 6.45) is 4.81. The first-order chi connectivity index (χ1) is 14.3. The minimum absolute atomic E-state index is 0.000158. The quantitative estimate of drug-likeness (QED) is 0.705. The van der Waals surface area contributed by atoms with Crippen LogP contribution in [-0.4, -0.2) is 58.3 Å². The first-order valence-electron chi connectivity index (χ1n) is 10.2. The fourth-order valence-corrected chi connectivity index (χ4v) is 3.57. The van der Waals surface area contributed by atoms with E-state index in [4.69, 9.17) is 0 Å². The Morgan fingerprint density at radius 1 is 0.897 bits per heavy atom. The summed E-state index contributed by atoms with van der Waals surface area (Å²) in [5.41, 5.74) is 3.36. The summed E-state index contributed by atoms with van der Waals surface area (Å²) >= 11 is 0. The molecular weight excluding hydrogens is 362 g/mol. The lowest BCUT2D eigenvalue weighted by Crippen LogP contribution is -2.51. The van der Waals surface area contributed by atoms with Gasteiger partial charge in [-0.25, -0.2) is 9.48 Å². The van der Waals surface area contributed by atoms with Crippen molar-refractivity contribution in [3.63, 3.8) is 0 Å². The number of hydrogen-bond donors (Lipinski definition) is 1. The third-order valence-electron chi connectivity index (χ3n) is 5.32. The largest absolute Gasteiger partial charge is 0.334 e. The predicted molar refractivity (Wildman–Crippen MR) is 114 cm³/mol. The fraction of sp³-hybridized carbons (Fsp3) is 0.304. The predicted octanol–water partition coefficient (Wildman–Crippen LogP) is 2.94. The Morgan fingerprint density at radius 3 is 2.31 bits per heavy atom. The molecule has 1 fully saturated rings. The van der Waals surface area contributed by atoms with Crippen LogP contribution in [0.25, 0.3) is 5.69 Å². The molecule has 6 nitrogen and oxygen atoms in total. The van der Waals surface area contributed by atoms with Gasteiger partial charge in [-0.2, -0.15) is 5.10 Å². The molecular formula is C23H27N5O. The third kappa shape index (κ3) is 5.23. The van der Waals surface area contributed by atoms with Crippen molar-refractivity contribution in [1.29, 1.82) is 0 Å². The Morgan fingerprint density at radius 2 is 1.59 bits per heavy atom. The number of nitrogens with zero attached hydrogens (tertiary/aromatic N) is 4. The Bertz CT molecular complexity index is 901. The molecule has 1 N–H and O–H groups in total. The van der Waals surface area contributed by atoms with E-state index < -0.39 is 0 Å². The average Bonchev–Trinajstić information content (AvgIpc) is 3.27. The molecule has 6 heteroatoms. The Hall–Kier alpha value is -3.12. The van der Waals surface area contributed by atoms with Crippen molar-refractivity contribution in [2.45, 2.75) is 13.0 Å². The Balaban J connectivity index is 1.20. The van der Waals surface area contributed by atoms with Crippen LogP contribution in [0.2, 0.25) is 0 Å². The van der Waals surface area contributed by atoms with Crippen molar-refractivity contribution in [2.75, 3.05) is 32.7 Å². The average molecular weight is 390 g/mol. The van der Waals surface area contributed by atoms with E-state index >= 15 is 0 Å². The van der Waals surface area contributed by atoms with E-state index in [-0.39, 0.29) is 6.03 Å². The van der Waals surface area contributed by atoms with Gasteiger partial charge in [0.1, 0.15) is 0 Å². The van der Waals surface area contributed by atoms with Crippen LogP contribution in [0, 0.1) is 0 Å². The molecule has 0 aliphatic carbocycles. The number of carbonyl (C=O) groups excluding carboxylic acids is 1. The highest BCUT2D eigenvalue weighted by Crippen LogP contribution is 2.09. The molecule has 1 saturated heterocycles. The van der Waals surface area contributed by atoms with Gasteiger partial charge in [0, 0.05) is 51.0 Å². The molecule has 3 aromatic rings. The summed E-state index contributed by atoms with van der Waals surface area (Å²) < 4.78 is 1.83. The zero-order valence-corrected chi connectivity index (χ0v) is 16.6. The van der Waals surface area contributed by atoms with Crippen LogP contribution in [0.3, 0.4) is 0 Å². The van der Waals surface area contributed by atoms with Crippen LogP contribution in [0.1, 0.15) is 11.1 Å². The van der Waals surface area contributed by atoms with Crippen molar-refractivity contribution in [1.82, 2.24) is 24.9 Å². The fourth-order valence-electron chi connectivity index (χ4n) is 3.57. The van der Waals surface area contributed by atoms with Gasteiger partial charge in [-0.3, -0.25) is 4.90 Å². The maximum absolute atomic E-state index is 12.5. The van der Waals surface area contributed by atoms with E-state index in [1.165, 1.54) is 5.56 Å². The second-order valence-corrected chi connectivity index (χ2v) is 7.35. The number of piperazine rings is 1. The molecule has 1 aliphatic rings. The first-order valence-corrected chi connectivity index (χ1v) is 10.2. The van der Waals surface area contributed by atoms with Crippen molar-refractivity contribution in [3.05, 3.63) is 84.2 Å². The minimum atomic E-state index is 0.000158. The smallest absolute Gasteiger partial charge is 0.317 e. The summed E-state index contributed by atoms with van der Waals surface area (Å²) in [6.45, 7) is 4.91. The lowest BCUT2D eigenvalue weighted by atomic mass is 10.1. The van der Waals surface area contributed by atoms with E-state index in [1.54, 1.807) is 6.20 Å². The Kier molecular flexibility index (Phi) is 6.22. The lowest BCUT2D eigenvalue weighted by Gasteiger charge is -2.34. The molecule has 150 valence electrons. The number of nitrogens with one attached hydrogen (secondary N) is 1. The molecule has 1 aromatic heterocycles. The molecule has 1 aliphatic heterocycles. The van der Waals surface area contributed by atoms with Gasteiger partial charge in [0.15, 0.2) is 0 Å². The number of para-hydroxylation sites is 1. The summed E-state index contributed by atoms with van der Waals surface area (Å²) in [5, 5.41) is 7.40. The van der Waals surface area contributed by atoms with Crippen LogP contribution < -0.4 is 5.32 Å². The van der Waals surface area contributed by atoms with Crippen molar-refractivity contribution in [2.24, 2.45) is 0 Å². The normalized spacial score (nSPS) is 14.7. The molecule has 2 aromatic carbocycles. The van der Waals surface area contributed by atoms with Gasteiger partial charge < -0.3 is 10.2 Å². The van der Waals surface area contributed by atoms with Crippen molar-refractivity contribution in [3.8, 4) is 5.69 Å². The number of rotatable bonds is 6. The maximum atomic E-state index is 12.5. The minimum Gasteiger partial charge on any atom is -0.334 e. The number of aromatic nitrogens is 2. The number of hydrogen-bond acceptors (Lipinski definition) is 3. The zero-order chi connectivity index (χ0) is 19.9. The molecule has 0 unspecified atom stereocenters. The highest BCUT2D eigenvalue weighted by atomic mass is 16.2. The van der Waals surface area contributed by atoms with Crippen molar-refractivity contribution >= 4 is 6.03 Å². The van der Waals surface area contributed by atoms with Crippen LogP contribution in [-0.2, 0) is 13.0 Å². The zero-order valence-electron chi connectivity index (χ0n) is 16.6. The highest BCUT2D eigenvalue weighted by Gasteiger charge is 2.20. The molecule has 0 saturated carbocycles. The number of amides is 2. The molecule has 0 spiro atoms. The molecule has 4 rings (SSSR count). The standard InChI is InChI=1S/C23H27N5O/c29-23(24-17-21-18-25-28(19-21)22-9-5-2-6-10-22)27-15-13-26(14-16-27)12-11-20-7-3-1-4-8-20/h1-10,18-19H,11-17H2,(H,24,29). The molecule has 0 bridgehead atoms. The summed E-state index contributed by atoms with van der Waals surface area (Å²) in [7, 11) is 0. The van der Waals surface area contributed by atoms with E-state index in [2.05, 4.69) is 39.6 Å². The van der Waals surface area contributed by atoms with E-state index in [1.807, 2.05) is 52.2 Å².